The summed E-state index contributed by atoms with van der Waals surface area (Å²) >= 11 is 13.9. The molecule has 166 valence electrons. The molecule has 33 heavy (non-hydrogen) atoms. The lowest BCUT2D eigenvalue weighted by atomic mass is 10.4. The van der Waals surface area contributed by atoms with E-state index in [1.165, 1.54) is 22.7 Å². The lowest BCUT2D eigenvalue weighted by molar-refractivity contribution is 0.102. The van der Waals surface area contributed by atoms with Gasteiger partial charge in [-0.25, -0.2) is 9.97 Å². The van der Waals surface area contributed by atoms with E-state index in [4.69, 9.17) is 0 Å². The second-order valence-electron chi connectivity index (χ2n) is 6.36. The molecule has 0 aliphatic carbocycles. The maximum Gasteiger partial charge on any atom is 0.267 e. The highest BCUT2D eigenvalue weighted by molar-refractivity contribution is 9.11. The van der Waals surface area contributed by atoms with E-state index in [2.05, 4.69) is 52.5 Å². The van der Waals surface area contributed by atoms with E-state index in [1.54, 1.807) is 34.8 Å². The summed E-state index contributed by atoms with van der Waals surface area (Å²) in [6, 6.07) is 11.1. The Morgan fingerprint density at radius 3 is 1.52 bits per heavy atom. The molecule has 5 rings (SSSR count). The van der Waals surface area contributed by atoms with Crippen molar-refractivity contribution in [1.82, 2.24) is 9.97 Å². The predicted octanol–water partition coefficient (Wildman–Crippen LogP) is 8.15. The average Bonchev–Trinajstić information content (AvgIpc) is 3.59. The van der Waals surface area contributed by atoms with E-state index in [-0.39, 0.29) is 11.8 Å². The Labute approximate surface area is 224 Å². The van der Waals surface area contributed by atoms with E-state index >= 15 is 0 Å². The van der Waals surface area contributed by atoms with Gasteiger partial charge in [-0.2, -0.15) is 0 Å². The Morgan fingerprint density at radius 2 is 1.12 bits per heavy atom. The molecule has 6 nitrogen and oxygen atoms in total. The number of anilines is 2. The number of nitrogens with one attached hydrogen (secondary N) is 2. The zero-order valence-electron chi connectivity index (χ0n) is 16.1. The van der Waals surface area contributed by atoms with Crippen LogP contribution in [0.25, 0.3) is 21.1 Å². The smallest absolute Gasteiger partial charge is 0.267 e. The number of nitrogens with zero attached hydrogens (tertiary/aromatic N) is 2. The summed E-state index contributed by atoms with van der Waals surface area (Å²) in [5.74, 6) is -0.598. The standard InChI is InChI=1S/C20H10Br2N4O2S5/c21-15-5-3-11(32-15)9-7-29-19(23-9)25-17(27)13-1-2-14(31-13)18(28)26-20-24-10(8-30-20)12-4-6-16(22)33-12/h1-8H,(H,23,25,27)(H,24,26,28). The molecule has 0 saturated heterocycles. The molecule has 2 N–H and O–H groups in total. The number of hydrogen-bond acceptors (Lipinski definition) is 9. The summed E-state index contributed by atoms with van der Waals surface area (Å²) in [7, 11) is 0. The third-order valence-electron chi connectivity index (χ3n) is 4.15. The van der Waals surface area contributed by atoms with Gasteiger partial charge in [-0.3, -0.25) is 20.2 Å². The molecule has 0 fully saturated rings. The SMILES string of the molecule is O=C(Nc1nc(-c2ccc(Br)s2)cs1)c1ccc(C(=O)Nc2nc(-c3ccc(Br)s3)cs2)s1. The van der Waals surface area contributed by atoms with Gasteiger partial charge in [0.25, 0.3) is 11.8 Å². The van der Waals surface area contributed by atoms with Crippen molar-refractivity contribution < 1.29 is 9.59 Å². The molecule has 0 atom stereocenters. The Morgan fingerprint density at radius 1 is 0.667 bits per heavy atom. The first-order chi connectivity index (χ1) is 15.9. The Balaban J connectivity index is 1.22. The van der Waals surface area contributed by atoms with Gasteiger partial charge in [0.2, 0.25) is 0 Å². The Bertz CT molecular complexity index is 1360. The number of thiophene rings is 3. The van der Waals surface area contributed by atoms with Crippen LogP contribution in [0.3, 0.4) is 0 Å². The van der Waals surface area contributed by atoms with Crippen molar-refractivity contribution in [2.24, 2.45) is 0 Å². The van der Waals surface area contributed by atoms with Crippen LogP contribution < -0.4 is 10.6 Å². The number of thiazole rings is 2. The molecule has 0 bridgehead atoms. The first-order valence-corrected chi connectivity index (χ1v) is 14.9. The van der Waals surface area contributed by atoms with E-state index < -0.39 is 0 Å². The van der Waals surface area contributed by atoms with E-state index in [0.29, 0.717) is 20.0 Å². The molecule has 0 aliphatic heterocycles. The van der Waals surface area contributed by atoms with Crippen LogP contribution in [0, 0.1) is 0 Å². The number of rotatable bonds is 6. The van der Waals surface area contributed by atoms with Crippen molar-refractivity contribution in [2.75, 3.05) is 10.6 Å². The number of aromatic nitrogens is 2. The third kappa shape index (κ3) is 5.34. The fraction of sp³-hybridized carbons (Fsp3) is 0. The van der Waals surface area contributed by atoms with Crippen LogP contribution >= 0.6 is 88.5 Å². The third-order valence-corrected chi connectivity index (χ3v) is 10.0. The normalized spacial score (nSPS) is 11.0. The molecule has 0 radical (unpaired) electrons. The minimum Gasteiger partial charge on any atom is -0.297 e. The lowest BCUT2D eigenvalue weighted by Crippen LogP contribution is -2.11. The van der Waals surface area contributed by atoms with Crippen molar-refractivity contribution in [3.8, 4) is 21.1 Å². The number of amides is 2. The summed E-state index contributed by atoms with van der Waals surface area (Å²) in [5, 5.41) is 10.4. The minimum atomic E-state index is -0.299. The first kappa shape index (κ1) is 23.0. The highest BCUT2D eigenvalue weighted by Crippen LogP contribution is 2.34. The molecule has 0 aromatic carbocycles. The Hall–Kier alpha value is -1.74. The number of carbonyl (C=O) groups excluding carboxylic acids is 2. The van der Waals surface area contributed by atoms with Gasteiger partial charge in [0, 0.05) is 10.8 Å². The summed E-state index contributed by atoms with van der Waals surface area (Å²) in [5.41, 5.74) is 1.63. The van der Waals surface area contributed by atoms with Crippen LogP contribution in [0.2, 0.25) is 0 Å². The van der Waals surface area contributed by atoms with Crippen molar-refractivity contribution in [3.63, 3.8) is 0 Å². The molecule has 0 spiro atoms. The highest BCUT2D eigenvalue weighted by atomic mass is 79.9. The lowest BCUT2D eigenvalue weighted by Gasteiger charge is -1.99. The highest BCUT2D eigenvalue weighted by Gasteiger charge is 2.17. The predicted molar refractivity (Wildman–Crippen MR) is 146 cm³/mol. The topological polar surface area (TPSA) is 84.0 Å². The summed E-state index contributed by atoms with van der Waals surface area (Å²) in [6.45, 7) is 0. The molecule has 5 heterocycles. The van der Waals surface area contributed by atoms with Crippen LogP contribution in [0.1, 0.15) is 19.3 Å². The second-order valence-corrected chi connectivity index (χ2v) is 14.1. The summed E-state index contributed by atoms with van der Waals surface area (Å²) in [4.78, 5) is 37.1. The van der Waals surface area contributed by atoms with Crippen LogP contribution in [0.4, 0.5) is 10.3 Å². The zero-order valence-corrected chi connectivity index (χ0v) is 23.4. The van der Waals surface area contributed by atoms with Gasteiger partial charge < -0.3 is 0 Å². The molecule has 0 unspecified atom stereocenters. The minimum absolute atomic E-state index is 0.299. The average molecular weight is 658 g/mol. The quantitative estimate of drug-likeness (QED) is 0.193. The molecule has 5 aromatic rings. The van der Waals surface area contributed by atoms with Crippen LogP contribution in [-0.2, 0) is 0 Å². The van der Waals surface area contributed by atoms with Gasteiger partial charge in [0.1, 0.15) is 0 Å². The van der Waals surface area contributed by atoms with Gasteiger partial charge >= 0.3 is 0 Å². The molecule has 0 aliphatic rings. The van der Waals surface area contributed by atoms with Gasteiger partial charge in [-0.1, -0.05) is 0 Å². The molecule has 2 amide bonds. The Kier molecular flexibility index (Phi) is 6.88. The van der Waals surface area contributed by atoms with Gasteiger partial charge in [0.05, 0.1) is 38.5 Å². The second kappa shape index (κ2) is 9.86. The number of carbonyl (C=O) groups is 2. The van der Waals surface area contributed by atoms with Crippen LogP contribution in [0.5, 0.6) is 0 Å². The molecule has 13 heteroatoms. The molecule has 5 aromatic heterocycles. The van der Waals surface area contributed by atoms with Crippen molar-refractivity contribution in [3.05, 3.63) is 64.5 Å². The van der Waals surface area contributed by atoms with Gasteiger partial charge in [-0.15, -0.1) is 56.7 Å². The number of halogens is 2. The summed E-state index contributed by atoms with van der Waals surface area (Å²) in [6.07, 6.45) is 0. The van der Waals surface area contributed by atoms with E-state index in [1.807, 2.05) is 35.0 Å². The van der Waals surface area contributed by atoms with E-state index in [9.17, 15) is 9.59 Å². The molecular weight excluding hydrogens is 648 g/mol. The van der Waals surface area contributed by atoms with Crippen molar-refractivity contribution >= 4 is 111 Å². The van der Waals surface area contributed by atoms with Crippen molar-refractivity contribution in [1.29, 1.82) is 0 Å². The largest absolute Gasteiger partial charge is 0.297 e. The van der Waals surface area contributed by atoms with Crippen molar-refractivity contribution in [2.45, 2.75) is 0 Å². The van der Waals surface area contributed by atoms with Crippen LogP contribution in [-0.4, -0.2) is 21.8 Å². The fourth-order valence-corrected chi connectivity index (χ4v) is 7.74. The maximum atomic E-state index is 12.6. The zero-order chi connectivity index (χ0) is 22.9. The maximum absolute atomic E-state index is 12.6. The fourth-order valence-electron chi connectivity index (χ4n) is 2.69. The number of hydrogen-bond donors (Lipinski definition) is 2. The molecular formula is C20H10Br2N4O2S5. The van der Waals surface area contributed by atoms with Gasteiger partial charge in [-0.05, 0) is 68.3 Å². The monoisotopic (exact) mass is 656 g/mol. The molecule has 0 saturated carbocycles. The van der Waals surface area contributed by atoms with Gasteiger partial charge in [0.15, 0.2) is 10.3 Å². The first-order valence-electron chi connectivity index (χ1n) is 9.09. The van der Waals surface area contributed by atoms with Crippen LogP contribution in [0.15, 0.2) is 54.7 Å². The van der Waals surface area contributed by atoms with E-state index in [0.717, 1.165) is 40.1 Å². The summed E-state index contributed by atoms with van der Waals surface area (Å²) < 4.78 is 2.04.